The highest BCUT2D eigenvalue weighted by molar-refractivity contribution is 5.24. The summed E-state index contributed by atoms with van der Waals surface area (Å²) in [6, 6.07) is 15.5. The minimum Gasteiger partial charge on any atom is -0.305 e. The third kappa shape index (κ3) is 4.40. The van der Waals surface area contributed by atoms with Crippen LogP contribution in [0, 0.1) is 18.2 Å². The standard InChI is InChI=1S/C19H24FN/c1-14-6-5-7-15(12-14)13-21-18(19(2,3)4)16-8-10-17(20)11-9-16/h5-12,18,21H,13H2,1-4H3. The van der Waals surface area contributed by atoms with Crippen LogP contribution in [0.1, 0.15) is 43.5 Å². The fourth-order valence-electron chi connectivity index (χ4n) is 2.62. The second kappa shape index (κ2) is 6.40. The first-order chi connectivity index (χ1) is 9.86. The lowest BCUT2D eigenvalue weighted by atomic mass is 9.82. The maximum atomic E-state index is 13.1. The number of aryl methyl sites for hydroxylation is 1. The van der Waals surface area contributed by atoms with Gasteiger partial charge in [-0.25, -0.2) is 4.39 Å². The van der Waals surface area contributed by atoms with E-state index in [0.29, 0.717) is 0 Å². The molecule has 21 heavy (non-hydrogen) atoms. The Morgan fingerprint density at radius 1 is 1.05 bits per heavy atom. The Morgan fingerprint density at radius 3 is 2.29 bits per heavy atom. The summed E-state index contributed by atoms with van der Waals surface area (Å²) >= 11 is 0. The van der Waals surface area contributed by atoms with E-state index < -0.39 is 0 Å². The Balaban J connectivity index is 2.16. The molecule has 2 rings (SSSR count). The molecule has 1 atom stereocenters. The summed E-state index contributed by atoms with van der Waals surface area (Å²) in [6.45, 7) is 9.50. The molecule has 0 saturated carbocycles. The van der Waals surface area contributed by atoms with Crippen LogP contribution in [0.25, 0.3) is 0 Å². The zero-order valence-electron chi connectivity index (χ0n) is 13.3. The van der Waals surface area contributed by atoms with E-state index in [-0.39, 0.29) is 17.3 Å². The highest BCUT2D eigenvalue weighted by atomic mass is 19.1. The first-order valence-electron chi connectivity index (χ1n) is 7.40. The summed E-state index contributed by atoms with van der Waals surface area (Å²) < 4.78 is 13.1. The van der Waals surface area contributed by atoms with E-state index in [2.05, 4.69) is 57.3 Å². The summed E-state index contributed by atoms with van der Waals surface area (Å²) in [5, 5.41) is 3.62. The highest BCUT2D eigenvalue weighted by Crippen LogP contribution is 2.33. The van der Waals surface area contributed by atoms with Gasteiger partial charge in [0, 0.05) is 12.6 Å². The molecule has 0 aromatic heterocycles. The molecule has 0 fully saturated rings. The number of hydrogen-bond acceptors (Lipinski definition) is 1. The van der Waals surface area contributed by atoms with Crippen molar-refractivity contribution in [3.8, 4) is 0 Å². The Hall–Kier alpha value is -1.67. The maximum absolute atomic E-state index is 13.1. The lowest BCUT2D eigenvalue weighted by Gasteiger charge is -2.32. The number of benzene rings is 2. The van der Waals surface area contributed by atoms with Gasteiger partial charge in [-0.3, -0.25) is 0 Å². The van der Waals surface area contributed by atoms with Crippen LogP contribution in [0.5, 0.6) is 0 Å². The summed E-state index contributed by atoms with van der Waals surface area (Å²) in [4.78, 5) is 0. The van der Waals surface area contributed by atoms with Crippen molar-refractivity contribution in [2.45, 2.75) is 40.3 Å². The number of rotatable bonds is 4. The number of hydrogen-bond donors (Lipinski definition) is 1. The van der Waals surface area contributed by atoms with Crippen molar-refractivity contribution in [1.29, 1.82) is 0 Å². The van der Waals surface area contributed by atoms with E-state index in [4.69, 9.17) is 0 Å². The first kappa shape index (κ1) is 15.7. The zero-order chi connectivity index (χ0) is 15.5. The van der Waals surface area contributed by atoms with E-state index in [1.807, 2.05) is 12.1 Å². The fourth-order valence-corrected chi connectivity index (χ4v) is 2.62. The minimum absolute atomic E-state index is 0.0572. The van der Waals surface area contributed by atoms with Crippen molar-refractivity contribution in [3.05, 3.63) is 71.0 Å². The van der Waals surface area contributed by atoms with Gasteiger partial charge in [0.2, 0.25) is 0 Å². The molecule has 2 heteroatoms. The molecular weight excluding hydrogens is 261 g/mol. The number of halogens is 1. The van der Waals surface area contributed by atoms with Crippen molar-refractivity contribution in [2.75, 3.05) is 0 Å². The number of nitrogens with one attached hydrogen (secondary N) is 1. The lowest BCUT2D eigenvalue weighted by Crippen LogP contribution is -2.32. The maximum Gasteiger partial charge on any atom is 0.123 e. The quantitative estimate of drug-likeness (QED) is 0.832. The average molecular weight is 285 g/mol. The monoisotopic (exact) mass is 285 g/mol. The molecule has 1 unspecified atom stereocenters. The lowest BCUT2D eigenvalue weighted by molar-refractivity contribution is 0.271. The highest BCUT2D eigenvalue weighted by Gasteiger charge is 2.25. The van der Waals surface area contributed by atoms with Gasteiger partial charge in [0.25, 0.3) is 0 Å². The van der Waals surface area contributed by atoms with Crippen molar-refractivity contribution in [1.82, 2.24) is 5.32 Å². The van der Waals surface area contributed by atoms with Gasteiger partial charge >= 0.3 is 0 Å². The summed E-state index contributed by atoms with van der Waals surface area (Å²) in [5.74, 6) is -0.190. The van der Waals surface area contributed by atoms with Crippen molar-refractivity contribution in [3.63, 3.8) is 0 Å². The van der Waals surface area contributed by atoms with Gasteiger partial charge in [-0.05, 0) is 35.6 Å². The zero-order valence-corrected chi connectivity index (χ0v) is 13.3. The Bertz CT molecular complexity index is 581. The van der Waals surface area contributed by atoms with E-state index in [1.54, 1.807) is 0 Å². The van der Waals surface area contributed by atoms with Gasteiger partial charge in [0.05, 0.1) is 0 Å². The second-order valence-electron chi connectivity index (χ2n) is 6.72. The SMILES string of the molecule is Cc1cccc(CNC(c2ccc(F)cc2)C(C)(C)C)c1. The molecule has 2 aromatic rings. The summed E-state index contributed by atoms with van der Waals surface area (Å²) in [7, 11) is 0. The molecule has 0 radical (unpaired) electrons. The Labute approximate surface area is 127 Å². The Kier molecular flexibility index (Phi) is 4.79. The molecule has 0 saturated heterocycles. The van der Waals surface area contributed by atoms with E-state index in [9.17, 15) is 4.39 Å². The molecule has 0 aliphatic rings. The van der Waals surface area contributed by atoms with Crippen LogP contribution >= 0.6 is 0 Å². The normalized spacial score (nSPS) is 13.2. The average Bonchev–Trinajstić information content (AvgIpc) is 2.39. The molecule has 1 N–H and O–H groups in total. The van der Waals surface area contributed by atoms with E-state index >= 15 is 0 Å². The molecule has 2 aromatic carbocycles. The van der Waals surface area contributed by atoms with Crippen LogP contribution in [0.4, 0.5) is 4.39 Å². The molecule has 0 aliphatic carbocycles. The van der Waals surface area contributed by atoms with Crippen molar-refractivity contribution >= 4 is 0 Å². The fraction of sp³-hybridized carbons (Fsp3) is 0.368. The molecule has 112 valence electrons. The predicted octanol–water partition coefficient (Wildman–Crippen LogP) is 5.01. The Morgan fingerprint density at radius 2 is 1.71 bits per heavy atom. The molecule has 0 spiro atoms. The molecular formula is C19H24FN. The van der Waals surface area contributed by atoms with Crippen LogP contribution in [0.15, 0.2) is 48.5 Å². The summed E-state index contributed by atoms with van der Waals surface area (Å²) in [6.07, 6.45) is 0. The van der Waals surface area contributed by atoms with Gasteiger partial charge in [-0.1, -0.05) is 62.7 Å². The third-order valence-corrected chi connectivity index (χ3v) is 3.66. The largest absolute Gasteiger partial charge is 0.305 e. The predicted molar refractivity (Wildman–Crippen MR) is 86.6 cm³/mol. The first-order valence-corrected chi connectivity index (χ1v) is 7.40. The van der Waals surface area contributed by atoms with Gasteiger partial charge in [0.1, 0.15) is 5.82 Å². The molecule has 1 nitrogen and oxygen atoms in total. The van der Waals surface area contributed by atoms with Crippen molar-refractivity contribution in [2.24, 2.45) is 5.41 Å². The van der Waals surface area contributed by atoms with Crippen molar-refractivity contribution < 1.29 is 4.39 Å². The van der Waals surface area contributed by atoms with Crippen LogP contribution in [-0.2, 0) is 6.54 Å². The minimum atomic E-state index is -0.190. The smallest absolute Gasteiger partial charge is 0.123 e. The van der Waals surface area contributed by atoms with Crippen LogP contribution in [0.3, 0.4) is 0 Å². The van der Waals surface area contributed by atoms with E-state index in [1.165, 1.54) is 23.3 Å². The molecule has 0 aliphatic heterocycles. The van der Waals surface area contributed by atoms with Gasteiger partial charge < -0.3 is 5.32 Å². The van der Waals surface area contributed by atoms with Crippen LogP contribution < -0.4 is 5.32 Å². The van der Waals surface area contributed by atoms with Crippen LogP contribution in [-0.4, -0.2) is 0 Å². The molecule has 0 amide bonds. The second-order valence-corrected chi connectivity index (χ2v) is 6.72. The van der Waals surface area contributed by atoms with E-state index in [0.717, 1.165) is 12.1 Å². The topological polar surface area (TPSA) is 12.0 Å². The third-order valence-electron chi connectivity index (χ3n) is 3.66. The van der Waals surface area contributed by atoms with Gasteiger partial charge in [-0.15, -0.1) is 0 Å². The van der Waals surface area contributed by atoms with Gasteiger partial charge in [0.15, 0.2) is 0 Å². The van der Waals surface area contributed by atoms with Gasteiger partial charge in [-0.2, -0.15) is 0 Å². The molecule has 0 heterocycles. The summed E-state index contributed by atoms with van der Waals surface area (Å²) in [5.41, 5.74) is 3.72. The van der Waals surface area contributed by atoms with Crippen LogP contribution in [0.2, 0.25) is 0 Å². The molecule has 0 bridgehead atoms.